The number of nitrogens with two attached hydrogens (primary N) is 1. The van der Waals surface area contributed by atoms with Gasteiger partial charge in [-0.15, -0.1) is 0 Å². The maximum absolute atomic E-state index is 10.4. The summed E-state index contributed by atoms with van der Waals surface area (Å²) in [5.74, 6) is 4.65. The van der Waals surface area contributed by atoms with Crippen molar-refractivity contribution in [1.82, 2.24) is 0 Å². The number of rotatable bonds is 1. The van der Waals surface area contributed by atoms with E-state index in [1.54, 1.807) is 18.2 Å². The predicted molar refractivity (Wildman–Crippen MR) is 54.1 cm³/mol. The highest BCUT2D eigenvalue weighted by molar-refractivity contribution is 6.30. The molecule has 14 heavy (non-hydrogen) atoms. The van der Waals surface area contributed by atoms with Crippen molar-refractivity contribution in [3.63, 3.8) is 0 Å². The van der Waals surface area contributed by atoms with E-state index in [1.165, 1.54) is 7.11 Å². The van der Waals surface area contributed by atoms with Crippen molar-refractivity contribution in [2.45, 2.75) is 0 Å². The monoisotopic (exact) mass is 209 g/mol. The lowest BCUT2D eigenvalue weighted by atomic mass is 10.2. The van der Waals surface area contributed by atoms with Crippen molar-refractivity contribution in [3.05, 3.63) is 28.8 Å². The lowest BCUT2D eigenvalue weighted by molar-refractivity contribution is -0.112. The maximum Gasteiger partial charge on any atom is 0.293 e. The van der Waals surface area contributed by atoms with Gasteiger partial charge in [-0.3, -0.25) is 4.79 Å². The van der Waals surface area contributed by atoms with Gasteiger partial charge in [0.1, 0.15) is 5.75 Å². The molecule has 1 rings (SSSR count). The molecular formula is C10H8ClNO2. The summed E-state index contributed by atoms with van der Waals surface area (Å²) < 4.78 is 5.02. The zero-order valence-electron chi connectivity index (χ0n) is 7.50. The summed E-state index contributed by atoms with van der Waals surface area (Å²) >= 11 is 5.74. The number of amides is 1. The SMILES string of the molecule is COc1cc(Cl)ccc1C#CC(N)=O. The second kappa shape index (κ2) is 4.54. The van der Waals surface area contributed by atoms with E-state index in [4.69, 9.17) is 22.1 Å². The van der Waals surface area contributed by atoms with Crippen LogP contribution < -0.4 is 10.5 Å². The summed E-state index contributed by atoms with van der Waals surface area (Å²) in [5.41, 5.74) is 5.46. The van der Waals surface area contributed by atoms with Crippen molar-refractivity contribution in [1.29, 1.82) is 0 Å². The summed E-state index contributed by atoms with van der Waals surface area (Å²) in [6.07, 6.45) is 0. The van der Waals surface area contributed by atoms with Crippen LogP contribution in [0.1, 0.15) is 5.56 Å². The largest absolute Gasteiger partial charge is 0.495 e. The van der Waals surface area contributed by atoms with Crippen LogP contribution in [-0.4, -0.2) is 13.0 Å². The number of halogens is 1. The average molecular weight is 210 g/mol. The van der Waals surface area contributed by atoms with Crippen molar-refractivity contribution < 1.29 is 9.53 Å². The predicted octanol–water partition coefficient (Wildman–Crippen LogP) is 1.19. The van der Waals surface area contributed by atoms with Gasteiger partial charge in [0.15, 0.2) is 0 Å². The first kappa shape index (κ1) is 10.4. The Morgan fingerprint density at radius 1 is 1.57 bits per heavy atom. The summed E-state index contributed by atoms with van der Waals surface area (Å²) in [6, 6.07) is 4.94. The fourth-order valence-corrected chi connectivity index (χ4v) is 1.06. The van der Waals surface area contributed by atoms with Gasteiger partial charge in [-0.05, 0) is 12.1 Å². The number of benzene rings is 1. The first-order chi connectivity index (χ1) is 6.63. The van der Waals surface area contributed by atoms with Crippen LogP contribution in [-0.2, 0) is 4.79 Å². The van der Waals surface area contributed by atoms with E-state index in [2.05, 4.69) is 11.8 Å². The molecule has 0 spiro atoms. The minimum atomic E-state index is -0.679. The molecule has 1 aromatic carbocycles. The quantitative estimate of drug-likeness (QED) is 0.707. The second-order valence-electron chi connectivity index (χ2n) is 2.46. The van der Waals surface area contributed by atoms with Crippen LogP contribution in [0.4, 0.5) is 0 Å². The molecule has 1 amide bonds. The van der Waals surface area contributed by atoms with E-state index in [0.717, 1.165) is 0 Å². The molecule has 0 saturated heterocycles. The maximum atomic E-state index is 10.4. The Labute approximate surface area is 86.8 Å². The minimum Gasteiger partial charge on any atom is -0.495 e. The average Bonchev–Trinajstić information content (AvgIpc) is 2.15. The zero-order valence-corrected chi connectivity index (χ0v) is 8.26. The molecule has 0 unspecified atom stereocenters. The van der Waals surface area contributed by atoms with Crippen molar-refractivity contribution in [2.24, 2.45) is 5.73 Å². The number of hydrogen-bond acceptors (Lipinski definition) is 2. The third-order valence-electron chi connectivity index (χ3n) is 1.48. The zero-order chi connectivity index (χ0) is 10.6. The molecule has 0 heterocycles. The number of methoxy groups -OCH3 is 1. The molecule has 0 bridgehead atoms. The van der Waals surface area contributed by atoms with E-state index in [-0.39, 0.29) is 0 Å². The molecule has 3 nitrogen and oxygen atoms in total. The molecule has 0 saturated carbocycles. The topological polar surface area (TPSA) is 52.3 Å². The lowest BCUT2D eigenvalue weighted by Gasteiger charge is -2.02. The van der Waals surface area contributed by atoms with E-state index < -0.39 is 5.91 Å². The summed E-state index contributed by atoms with van der Waals surface area (Å²) in [4.78, 5) is 10.4. The van der Waals surface area contributed by atoms with E-state index in [9.17, 15) is 4.79 Å². The van der Waals surface area contributed by atoms with Gasteiger partial charge in [0, 0.05) is 17.0 Å². The normalized spacial score (nSPS) is 8.71. The van der Waals surface area contributed by atoms with E-state index in [0.29, 0.717) is 16.3 Å². The molecular weight excluding hydrogens is 202 g/mol. The first-order valence-electron chi connectivity index (χ1n) is 3.78. The molecule has 0 fully saturated rings. The fourth-order valence-electron chi connectivity index (χ4n) is 0.897. The van der Waals surface area contributed by atoms with Crippen LogP contribution in [0.2, 0.25) is 5.02 Å². The summed E-state index contributed by atoms with van der Waals surface area (Å²) in [6.45, 7) is 0. The van der Waals surface area contributed by atoms with Gasteiger partial charge < -0.3 is 10.5 Å². The molecule has 72 valence electrons. The number of hydrogen-bond donors (Lipinski definition) is 1. The fraction of sp³-hybridized carbons (Fsp3) is 0.100. The van der Waals surface area contributed by atoms with Gasteiger partial charge in [0.05, 0.1) is 12.7 Å². The standard InChI is InChI=1S/C10H8ClNO2/c1-14-9-6-8(11)4-2-7(9)3-5-10(12)13/h2,4,6H,1H3,(H2,12,13). The van der Waals surface area contributed by atoms with Gasteiger partial charge in [-0.25, -0.2) is 0 Å². The number of carbonyl (C=O) groups excluding carboxylic acids is 1. The van der Waals surface area contributed by atoms with E-state index in [1.807, 2.05) is 0 Å². The molecule has 1 aromatic rings. The molecule has 0 atom stereocenters. The number of primary amides is 1. The van der Waals surface area contributed by atoms with Gasteiger partial charge >= 0.3 is 0 Å². The van der Waals surface area contributed by atoms with Crippen LogP contribution in [0.25, 0.3) is 0 Å². The van der Waals surface area contributed by atoms with Crippen molar-refractivity contribution in [2.75, 3.05) is 7.11 Å². The van der Waals surface area contributed by atoms with Crippen LogP contribution in [0.5, 0.6) is 5.75 Å². The molecule has 0 radical (unpaired) electrons. The Hall–Kier alpha value is -1.66. The van der Waals surface area contributed by atoms with Crippen LogP contribution in [0.15, 0.2) is 18.2 Å². The summed E-state index contributed by atoms with van der Waals surface area (Å²) in [7, 11) is 1.50. The summed E-state index contributed by atoms with van der Waals surface area (Å²) in [5, 5.41) is 0.548. The van der Waals surface area contributed by atoms with Gasteiger partial charge in [0.2, 0.25) is 0 Å². The third kappa shape index (κ3) is 2.68. The Balaban J connectivity index is 3.10. The lowest BCUT2D eigenvalue weighted by Crippen LogP contribution is -2.06. The molecule has 0 aromatic heterocycles. The molecule has 0 aliphatic carbocycles. The number of ether oxygens (including phenoxy) is 1. The second-order valence-corrected chi connectivity index (χ2v) is 2.90. The number of carbonyl (C=O) groups is 1. The molecule has 0 aliphatic rings. The Kier molecular flexibility index (Phi) is 3.38. The van der Waals surface area contributed by atoms with Crippen molar-refractivity contribution >= 4 is 17.5 Å². The highest BCUT2D eigenvalue weighted by Crippen LogP contribution is 2.21. The highest BCUT2D eigenvalue weighted by Gasteiger charge is 2.00. The Morgan fingerprint density at radius 2 is 2.29 bits per heavy atom. The highest BCUT2D eigenvalue weighted by atomic mass is 35.5. The minimum absolute atomic E-state index is 0.520. The van der Waals surface area contributed by atoms with E-state index >= 15 is 0 Å². The van der Waals surface area contributed by atoms with Crippen LogP contribution in [0, 0.1) is 11.8 Å². The first-order valence-corrected chi connectivity index (χ1v) is 4.16. The van der Waals surface area contributed by atoms with Gasteiger partial charge in [-0.1, -0.05) is 17.5 Å². The van der Waals surface area contributed by atoms with Gasteiger partial charge in [-0.2, -0.15) is 0 Å². The van der Waals surface area contributed by atoms with Crippen LogP contribution >= 0.6 is 11.6 Å². The smallest absolute Gasteiger partial charge is 0.293 e. The van der Waals surface area contributed by atoms with Crippen molar-refractivity contribution in [3.8, 4) is 17.6 Å². The van der Waals surface area contributed by atoms with Crippen LogP contribution in [0.3, 0.4) is 0 Å². The molecule has 2 N–H and O–H groups in total. The molecule has 4 heteroatoms. The molecule has 0 aliphatic heterocycles. The Bertz CT molecular complexity index is 418. The van der Waals surface area contributed by atoms with Gasteiger partial charge in [0.25, 0.3) is 5.91 Å². The Morgan fingerprint density at radius 3 is 2.86 bits per heavy atom. The third-order valence-corrected chi connectivity index (χ3v) is 1.72.